The largest absolute Gasteiger partial charge is 0.327 e. The van der Waals surface area contributed by atoms with Crippen molar-refractivity contribution in [3.8, 4) is 0 Å². The molecule has 6 heteroatoms. The topological polar surface area (TPSA) is 53.4 Å². The van der Waals surface area contributed by atoms with E-state index in [0.29, 0.717) is 0 Å². The first-order valence-corrected chi connectivity index (χ1v) is 8.74. The smallest absolute Gasteiger partial charge is 0.221 e. The summed E-state index contributed by atoms with van der Waals surface area (Å²) < 4.78 is 2.32. The molecule has 0 spiro atoms. The number of piperazine rings is 1. The number of hydrogen-bond donors (Lipinski definition) is 1. The Morgan fingerprint density at radius 1 is 1.25 bits per heavy atom. The van der Waals surface area contributed by atoms with Gasteiger partial charge in [0.2, 0.25) is 5.91 Å². The first-order chi connectivity index (χ1) is 11.6. The van der Waals surface area contributed by atoms with Gasteiger partial charge in [-0.05, 0) is 31.7 Å². The molecule has 1 saturated heterocycles. The van der Waals surface area contributed by atoms with Gasteiger partial charge in [-0.3, -0.25) is 9.69 Å². The fraction of sp³-hybridized carbons (Fsp3) is 0.556. The molecule has 2 heterocycles. The van der Waals surface area contributed by atoms with Crippen LogP contribution in [-0.2, 0) is 17.9 Å². The minimum atomic E-state index is -0.0556. The lowest BCUT2D eigenvalue weighted by molar-refractivity contribution is -0.114. The third-order valence-corrected chi connectivity index (χ3v) is 4.56. The molecule has 0 saturated carbocycles. The Hall–Kier alpha value is -1.92. The molecule has 130 valence electrons. The molecular formula is C18H27N5O. The summed E-state index contributed by atoms with van der Waals surface area (Å²) in [4.78, 5) is 21.0. The Bertz CT molecular complexity index is 716. The Balaban J connectivity index is 1.87. The number of carbonyl (C=O) groups excluding carboxylic acids is 1. The van der Waals surface area contributed by atoms with Gasteiger partial charge in [0.1, 0.15) is 5.82 Å². The van der Waals surface area contributed by atoms with E-state index >= 15 is 0 Å². The van der Waals surface area contributed by atoms with Gasteiger partial charge in [0, 0.05) is 45.3 Å². The minimum Gasteiger partial charge on any atom is -0.327 e. The molecular weight excluding hydrogens is 302 g/mol. The number of imidazole rings is 1. The number of rotatable bonds is 5. The van der Waals surface area contributed by atoms with E-state index in [0.717, 1.165) is 68.2 Å². The first kappa shape index (κ1) is 16.9. The van der Waals surface area contributed by atoms with E-state index in [-0.39, 0.29) is 5.91 Å². The number of carbonyl (C=O) groups is 1. The highest BCUT2D eigenvalue weighted by molar-refractivity contribution is 5.91. The lowest BCUT2D eigenvalue weighted by atomic mass is 10.2. The zero-order chi connectivity index (χ0) is 17.1. The van der Waals surface area contributed by atoms with Gasteiger partial charge in [-0.25, -0.2) is 4.98 Å². The van der Waals surface area contributed by atoms with Crippen LogP contribution in [0, 0.1) is 0 Å². The van der Waals surface area contributed by atoms with Crippen LogP contribution in [0.3, 0.4) is 0 Å². The molecule has 0 radical (unpaired) electrons. The van der Waals surface area contributed by atoms with Crippen molar-refractivity contribution in [2.24, 2.45) is 0 Å². The molecule has 3 rings (SSSR count). The van der Waals surface area contributed by atoms with Crippen LogP contribution in [0.25, 0.3) is 11.0 Å². The lowest BCUT2D eigenvalue weighted by Crippen LogP contribution is -2.44. The SMILES string of the molecule is CCCn1c(CN2CCN(C)CC2)nc2cc(NC(C)=O)ccc21. The number of aromatic nitrogens is 2. The van der Waals surface area contributed by atoms with Crippen molar-refractivity contribution < 1.29 is 4.79 Å². The summed E-state index contributed by atoms with van der Waals surface area (Å²) in [6, 6.07) is 5.99. The van der Waals surface area contributed by atoms with E-state index < -0.39 is 0 Å². The molecule has 1 fully saturated rings. The highest BCUT2D eigenvalue weighted by Gasteiger charge is 2.18. The van der Waals surface area contributed by atoms with Crippen LogP contribution in [0.15, 0.2) is 18.2 Å². The summed E-state index contributed by atoms with van der Waals surface area (Å²) >= 11 is 0. The van der Waals surface area contributed by atoms with Crippen LogP contribution >= 0.6 is 0 Å². The lowest BCUT2D eigenvalue weighted by Gasteiger charge is -2.32. The minimum absolute atomic E-state index is 0.0556. The molecule has 1 N–H and O–H groups in total. The second kappa shape index (κ2) is 7.32. The third-order valence-electron chi connectivity index (χ3n) is 4.56. The van der Waals surface area contributed by atoms with Crippen molar-refractivity contribution in [3.05, 3.63) is 24.0 Å². The van der Waals surface area contributed by atoms with E-state index in [1.54, 1.807) is 0 Å². The van der Waals surface area contributed by atoms with Crippen LogP contribution in [0.1, 0.15) is 26.1 Å². The monoisotopic (exact) mass is 329 g/mol. The number of anilines is 1. The molecule has 1 aliphatic rings. The molecule has 0 aliphatic carbocycles. The average Bonchev–Trinajstić information content (AvgIpc) is 2.86. The van der Waals surface area contributed by atoms with Gasteiger partial charge in [0.25, 0.3) is 0 Å². The van der Waals surface area contributed by atoms with Gasteiger partial charge in [0.05, 0.1) is 17.6 Å². The fourth-order valence-corrected chi connectivity index (χ4v) is 3.26. The average molecular weight is 329 g/mol. The maximum atomic E-state index is 11.3. The highest BCUT2D eigenvalue weighted by atomic mass is 16.1. The van der Waals surface area contributed by atoms with E-state index in [1.165, 1.54) is 6.92 Å². The van der Waals surface area contributed by atoms with Gasteiger partial charge >= 0.3 is 0 Å². The second-order valence-corrected chi connectivity index (χ2v) is 6.64. The van der Waals surface area contributed by atoms with Crippen molar-refractivity contribution in [3.63, 3.8) is 0 Å². The van der Waals surface area contributed by atoms with Crippen LogP contribution in [0.2, 0.25) is 0 Å². The summed E-state index contributed by atoms with van der Waals surface area (Å²) in [5.41, 5.74) is 2.91. The number of nitrogens with zero attached hydrogens (tertiary/aromatic N) is 4. The normalized spacial score (nSPS) is 16.6. The third kappa shape index (κ3) is 3.76. The van der Waals surface area contributed by atoms with Crippen molar-refractivity contribution in [1.82, 2.24) is 19.4 Å². The molecule has 0 unspecified atom stereocenters. The number of likely N-dealkylation sites (N-methyl/N-ethyl adjacent to an activating group) is 1. The molecule has 1 aliphatic heterocycles. The Labute approximate surface area is 143 Å². The zero-order valence-corrected chi connectivity index (χ0v) is 14.9. The maximum absolute atomic E-state index is 11.3. The number of hydrogen-bond acceptors (Lipinski definition) is 4. The number of nitrogens with one attached hydrogen (secondary N) is 1. The zero-order valence-electron chi connectivity index (χ0n) is 14.9. The summed E-state index contributed by atoms with van der Waals surface area (Å²) in [7, 11) is 2.17. The van der Waals surface area contributed by atoms with Crippen molar-refractivity contribution in [1.29, 1.82) is 0 Å². The first-order valence-electron chi connectivity index (χ1n) is 8.74. The van der Waals surface area contributed by atoms with Crippen LogP contribution < -0.4 is 5.32 Å². The Kier molecular flexibility index (Phi) is 5.16. The summed E-state index contributed by atoms with van der Waals surface area (Å²) in [6.07, 6.45) is 1.08. The Morgan fingerprint density at radius 2 is 2.00 bits per heavy atom. The van der Waals surface area contributed by atoms with Crippen molar-refractivity contribution in [2.75, 3.05) is 38.5 Å². The number of benzene rings is 1. The van der Waals surface area contributed by atoms with Gasteiger partial charge in [-0.15, -0.1) is 0 Å². The number of fused-ring (bicyclic) bond motifs is 1. The molecule has 1 amide bonds. The van der Waals surface area contributed by atoms with E-state index in [2.05, 4.69) is 39.7 Å². The maximum Gasteiger partial charge on any atom is 0.221 e. The predicted molar refractivity (Wildman–Crippen MR) is 97.1 cm³/mol. The standard InChI is InChI=1S/C18H27N5O/c1-4-7-23-17-6-5-15(19-14(2)24)12-16(17)20-18(23)13-22-10-8-21(3)9-11-22/h5-6,12H,4,7-11,13H2,1-3H3,(H,19,24). The molecule has 0 bridgehead atoms. The second-order valence-electron chi connectivity index (χ2n) is 6.64. The molecule has 2 aromatic rings. The molecule has 1 aromatic carbocycles. The fourth-order valence-electron chi connectivity index (χ4n) is 3.26. The molecule has 6 nitrogen and oxygen atoms in total. The Morgan fingerprint density at radius 3 is 2.67 bits per heavy atom. The van der Waals surface area contributed by atoms with Crippen molar-refractivity contribution in [2.45, 2.75) is 33.4 Å². The summed E-state index contributed by atoms with van der Waals surface area (Å²) in [5.74, 6) is 1.07. The van der Waals surface area contributed by atoms with Crippen molar-refractivity contribution >= 4 is 22.6 Å². The summed E-state index contributed by atoms with van der Waals surface area (Å²) in [5, 5.41) is 2.84. The highest BCUT2D eigenvalue weighted by Crippen LogP contribution is 2.22. The van der Waals surface area contributed by atoms with Crippen LogP contribution in [-0.4, -0.2) is 58.5 Å². The van der Waals surface area contributed by atoms with Gasteiger partial charge in [0.15, 0.2) is 0 Å². The van der Waals surface area contributed by atoms with Gasteiger partial charge in [-0.1, -0.05) is 6.92 Å². The summed E-state index contributed by atoms with van der Waals surface area (Å²) in [6.45, 7) is 9.97. The van der Waals surface area contributed by atoms with Gasteiger partial charge in [-0.2, -0.15) is 0 Å². The molecule has 1 aromatic heterocycles. The molecule has 24 heavy (non-hydrogen) atoms. The van der Waals surface area contributed by atoms with Crippen LogP contribution in [0.4, 0.5) is 5.69 Å². The van der Waals surface area contributed by atoms with E-state index in [9.17, 15) is 4.79 Å². The predicted octanol–water partition coefficient (Wildman–Crippen LogP) is 2.15. The quantitative estimate of drug-likeness (QED) is 0.913. The van der Waals surface area contributed by atoms with Crippen LogP contribution in [0.5, 0.6) is 0 Å². The molecule has 0 atom stereocenters. The van der Waals surface area contributed by atoms with E-state index in [1.807, 2.05) is 12.1 Å². The number of amides is 1. The number of aryl methyl sites for hydroxylation is 1. The van der Waals surface area contributed by atoms with E-state index in [4.69, 9.17) is 4.98 Å². The van der Waals surface area contributed by atoms with Gasteiger partial charge < -0.3 is 14.8 Å².